The fourth-order valence-corrected chi connectivity index (χ4v) is 1.35. The van der Waals surface area contributed by atoms with Crippen LogP contribution in [-0.2, 0) is 9.59 Å². The van der Waals surface area contributed by atoms with Gasteiger partial charge in [-0.3, -0.25) is 4.79 Å². The van der Waals surface area contributed by atoms with Gasteiger partial charge < -0.3 is 10.4 Å². The van der Waals surface area contributed by atoms with Crippen LogP contribution in [0.25, 0.3) is 0 Å². The summed E-state index contributed by atoms with van der Waals surface area (Å²) in [5, 5.41) is 11.5. The first kappa shape index (κ1) is 14.9. The fourth-order valence-electron chi connectivity index (χ4n) is 1.35. The molecular formula is C12H23NO3. The van der Waals surface area contributed by atoms with Crippen molar-refractivity contribution in [2.45, 2.75) is 58.9 Å². The van der Waals surface area contributed by atoms with E-state index in [0.29, 0.717) is 18.8 Å². The first-order chi connectivity index (χ1) is 7.47. The second-order valence-electron chi connectivity index (χ2n) is 4.53. The third-order valence-electron chi connectivity index (χ3n) is 2.43. The van der Waals surface area contributed by atoms with Gasteiger partial charge in [-0.25, -0.2) is 4.79 Å². The first-order valence-corrected chi connectivity index (χ1v) is 5.99. The Bertz CT molecular complexity index is 226. The van der Waals surface area contributed by atoms with E-state index in [4.69, 9.17) is 5.11 Å². The molecule has 0 radical (unpaired) electrons. The zero-order valence-corrected chi connectivity index (χ0v) is 10.5. The van der Waals surface area contributed by atoms with Crippen molar-refractivity contribution in [1.29, 1.82) is 0 Å². The molecule has 0 saturated carbocycles. The third-order valence-corrected chi connectivity index (χ3v) is 2.43. The van der Waals surface area contributed by atoms with Crippen LogP contribution in [0.2, 0.25) is 0 Å². The van der Waals surface area contributed by atoms with Gasteiger partial charge in [0.15, 0.2) is 0 Å². The van der Waals surface area contributed by atoms with Crippen LogP contribution in [0.15, 0.2) is 0 Å². The number of nitrogens with one attached hydrogen (secondary N) is 1. The van der Waals surface area contributed by atoms with Gasteiger partial charge in [-0.2, -0.15) is 0 Å². The van der Waals surface area contributed by atoms with E-state index in [1.54, 1.807) is 0 Å². The van der Waals surface area contributed by atoms with E-state index in [-0.39, 0.29) is 5.91 Å². The summed E-state index contributed by atoms with van der Waals surface area (Å²) in [6, 6.07) is -0.723. The molecule has 0 aliphatic rings. The smallest absolute Gasteiger partial charge is 0.326 e. The topological polar surface area (TPSA) is 66.4 Å². The van der Waals surface area contributed by atoms with Crippen molar-refractivity contribution in [1.82, 2.24) is 5.32 Å². The van der Waals surface area contributed by atoms with Crippen molar-refractivity contribution >= 4 is 11.9 Å². The molecule has 4 heteroatoms. The second-order valence-corrected chi connectivity index (χ2v) is 4.53. The molecule has 0 aromatic heterocycles. The van der Waals surface area contributed by atoms with Gasteiger partial charge in [0.25, 0.3) is 0 Å². The van der Waals surface area contributed by atoms with Gasteiger partial charge in [-0.1, -0.05) is 33.6 Å². The Labute approximate surface area is 97.4 Å². The molecule has 94 valence electrons. The van der Waals surface area contributed by atoms with Gasteiger partial charge in [0.2, 0.25) is 5.91 Å². The van der Waals surface area contributed by atoms with E-state index in [1.807, 2.05) is 20.8 Å². The SMILES string of the molecule is CCCCC(NC(=O)CCC(C)C)C(=O)O. The van der Waals surface area contributed by atoms with Crippen molar-refractivity contribution < 1.29 is 14.7 Å². The van der Waals surface area contributed by atoms with Crippen molar-refractivity contribution in [2.75, 3.05) is 0 Å². The number of rotatable bonds is 8. The molecule has 0 fully saturated rings. The van der Waals surface area contributed by atoms with Crippen LogP contribution in [0.4, 0.5) is 0 Å². The van der Waals surface area contributed by atoms with Crippen molar-refractivity contribution in [2.24, 2.45) is 5.92 Å². The maximum Gasteiger partial charge on any atom is 0.326 e. The Morgan fingerprint density at radius 3 is 2.31 bits per heavy atom. The van der Waals surface area contributed by atoms with E-state index in [9.17, 15) is 9.59 Å². The summed E-state index contributed by atoms with van der Waals surface area (Å²) in [7, 11) is 0. The molecule has 0 rings (SSSR count). The normalized spacial score (nSPS) is 12.5. The lowest BCUT2D eigenvalue weighted by atomic mass is 10.1. The lowest BCUT2D eigenvalue weighted by Gasteiger charge is -2.14. The minimum absolute atomic E-state index is 0.155. The maximum atomic E-state index is 11.5. The number of amides is 1. The molecule has 1 unspecified atom stereocenters. The van der Waals surface area contributed by atoms with E-state index >= 15 is 0 Å². The highest BCUT2D eigenvalue weighted by Crippen LogP contribution is 2.05. The van der Waals surface area contributed by atoms with E-state index < -0.39 is 12.0 Å². The fraction of sp³-hybridized carbons (Fsp3) is 0.833. The highest BCUT2D eigenvalue weighted by molar-refractivity contribution is 5.83. The zero-order chi connectivity index (χ0) is 12.6. The van der Waals surface area contributed by atoms with Crippen LogP contribution in [0.1, 0.15) is 52.9 Å². The lowest BCUT2D eigenvalue weighted by Crippen LogP contribution is -2.40. The third kappa shape index (κ3) is 7.26. The molecule has 0 heterocycles. The quantitative estimate of drug-likeness (QED) is 0.670. The molecule has 0 saturated heterocycles. The number of carbonyl (C=O) groups is 2. The summed E-state index contributed by atoms with van der Waals surface area (Å²) in [5.74, 6) is -0.631. The predicted octanol–water partition coefficient (Wildman–Crippen LogP) is 2.18. The molecule has 0 aromatic rings. The van der Waals surface area contributed by atoms with Gasteiger partial charge in [0.05, 0.1) is 0 Å². The van der Waals surface area contributed by atoms with Crippen LogP contribution in [0.3, 0.4) is 0 Å². The molecule has 0 aliphatic heterocycles. The molecule has 16 heavy (non-hydrogen) atoms. The average molecular weight is 229 g/mol. The molecule has 0 aliphatic carbocycles. The Balaban J connectivity index is 3.98. The van der Waals surface area contributed by atoms with E-state index in [2.05, 4.69) is 5.32 Å². The Hall–Kier alpha value is -1.06. The van der Waals surface area contributed by atoms with Crippen molar-refractivity contribution in [3.63, 3.8) is 0 Å². The molecular weight excluding hydrogens is 206 g/mol. The minimum atomic E-state index is -0.939. The summed E-state index contributed by atoms with van der Waals surface area (Å²) in [4.78, 5) is 22.3. The zero-order valence-electron chi connectivity index (χ0n) is 10.5. The van der Waals surface area contributed by atoms with Gasteiger partial charge in [-0.15, -0.1) is 0 Å². The number of hydrogen-bond donors (Lipinski definition) is 2. The van der Waals surface area contributed by atoms with Crippen LogP contribution < -0.4 is 5.32 Å². The maximum absolute atomic E-state index is 11.5. The first-order valence-electron chi connectivity index (χ1n) is 5.99. The Morgan fingerprint density at radius 2 is 1.88 bits per heavy atom. The van der Waals surface area contributed by atoms with Crippen molar-refractivity contribution in [3.05, 3.63) is 0 Å². The van der Waals surface area contributed by atoms with Gasteiger partial charge in [-0.05, 0) is 18.8 Å². The number of aliphatic carboxylic acids is 1. The van der Waals surface area contributed by atoms with Gasteiger partial charge in [0, 0.05) is 6.42 Å². The Morgan fingerprint density at radius 1 is 1.25 bits per heavy atom. The highest BCUT2D eigenvalue weighted by Gasteiger charge is 2.18. The minimum Gasteiger partial charge on any atom is -0.480 e. The largest absolute Gasteiger partial charge is 0.480 e. The number of carboxylic acid groups (broad SMARTS) is 1. The number of carboxylic acids is 1. The van der Waals surface area contributed by atoms with Crippen LogP contribution in [0, 0.1) is 5.92 Å². The number of carbonyl (C=O) groups excluding carboxylic acids is 1. The molecule has 0 aromatic carbocycles. The number of hydrogen-bond acceptors (Lipinski definition) is 2. The molecule has 0 spiro atoms. The molecule has 0 bridgehead atoms. The molecule has 4 nitrogen and oxygen atoms in total. The van der Waals surface area contributed by atoms with Crippen molar-refractivity contribution in [3.8, 4) is 0 Å². The second kappa shape index (κ2) is 8.13. The van der Waals surface area contributed by atoms with Gasteiger partial charge in [0.1, 0.15) is 6.04 Å². The summed E-state index contributed by atoms with van der Waals surface area (Å²) in [6.45, 7) is 6.08. The summed E-state index contributed by atoms with van der Waals surface area (Å²) >= 11 is 0. The van der Waals surface area contributed by atoms with Crippen LogP contribution in [0.5, 0.6) is 0 Å². The molecule has 1 atom stereocenters. The standard InChI is InChI=1S/C12H23NO3/c1-4-5-6-10(12(15)16)13-11(14)8-7-9(2)3/h9-10H,4-8H2,1-3H3,(H,13,14)(H,15,16). The Kier molecular flexibility index (Phi) is 7.60. The van der Waals surface area contributed by atoms with Crippen LogP contribution in [-0.4, -0.2) is 23.0 Å². The monoisotopic (exact) mass is 229 g/mol. The van der Waals surface area contributed by atoms with E-state index in [1.165, 1.54) is 0 Å². The molecule has 2 N–H and O–H groups in total. The molecule has 1 amide bonds. The van der Waals surface area contributed by atoms with E-state index in [0.717, 1.165) is 19.3 Å². The van der Waals surface area contributed by atoms with Crippen LogP contribution >= 0.6 is 0 Å². The summed E-state index contributed by atoms with van der Waals surface area (Å²) < 4.78 is 0. The predicted molar refractivity (Wildman–Crippen MR) is 63.2 cm³/mol. The summed E-state index contributed by atoms with van der Waals surface area (Å²) in [6.07, 6.45) is 3.48. The highest BCUT2D eigenvalue weighted by atomic mass is 16.4. The number of unbranched alkanes of at least 4 members (excludes halogenated alkanes) is 1. The summed E-state index contributed by atoms with van der Waals surface area (Å²) in [5.41, 5.74) is 0. The lowest BCUT2D eigenvalue weighted by molar-refractivity contribution is -0.142. The average Bonchev–Trinajstić information content (AvgIpc) is 2.20. The van der Waals surface area contributed by atoms with Gasteiger partial charge >= 0.3 is 5.97 Å².